The van der Waals surface area contributed by atoms with Crippen LogP contribution < -0.4 is 0 Å². The Hall–Kier alpha value is -0.280. The Morgan fingerprint density at radius 2 is 0.903 bits per heavy atom. The summed E-state index contributed by atoms with van der Waals surface area (Å²) in [5.41, 5.74) is -2.30. The van der Waals surface area contributed by atoms with Gasteiger partial charge in [-0.25, -0.2) is 0 Å². The molecule has 0 spiro atoms. The van der Waals surface area contributed by atoms with Crippen LogP contribution in [0.3, 0.4) is 0 Å². The first-order valence-electron chi connectivity index (χ1n) is 12.5. The predicted octanol–water partition coefficient (Wildman–Crippen LogP) is 2.26. The van der Waals surface area contributed by atoms with Gasteiger partial charge in [0.2, 0.25) is 0 Å². The number of hydrogen-bond donors (Lipinski definition) is 7. The second-order valence-corrected chi connectivity index (χ2v) is 9.03. The van der Waals surface area contributed by atoms with Crippen LogP contribution >= 0.6 is 0 Å². The minimum Gasteiger partial charge on any atom is -0.394 e. The third-order valence-corrected chi connectivity index (χ3v) is 6.53. The van der Waals surface area contributed by atoms with E-state index in [0.717, 1.165) is 19.3 Å². The Bertz CT molecular complexity index is 384. The topological polar surface area (TPSA) is 142 Å². The molecule has 0 heterocycles. The van der Waals surface area contributed by atoms with Crippen LogP contribution in [0.25, 0.3) is 0 Å². The molecule has 0 aliphatic heterocycles. The second-order valence-electron chi connectivity index (χ2n) is 9.03. The highest BCUT2D eigenvalue weighted by molar-refractivity contribution is 5.00. The van der Waals surface area contributed by atoms with Gasteiger partial charge in [-0.05, 0) is 6.42 Å². The fraction of sp³-hybridized carbons (Fsp3) is 1.00. The van der Waals surface area contributed by atoms with Gasteiger partial charge in [-0.3, -0.25) is 0 Å². The molecule has 0 aromatic carbocycles. The summed E-state index contributed by atoms with van der Waals surface area (Å²) in [5, 5.41) is 68.9. The SMILES string of the molecule is CCCCCCCCCCCCCCCCC(C(O)CO)C(O)(C(O)CO)C(O)CO. The van der Waals surface area contributed by atoms with Crippen molar-refractivity contribution in [3.8, 4) is 0 Å². The van der Waals surface area contributed by atoms with Crippen molar-refractivity contribution in [1.82, 2.24) is 0 Å². The summed E-state index contributed by atoms with van der Waals surface area (Å²) in [6.45, 7) is -0.0796. The molecule has 7 nitrogen and oxygen atoms in total. The van der Waals surface area contributed by atoms with Crippen LogP contribution in [0.2, 0.25) is 0 Å². The lowest BCUT2D eigenvalue weighted by molar-refractivity contribution is -0.217. The predicted molar refractivity (Wildman–Crippen MR) is 123 cm³/mol. The van der Waals surface area contributed by atoms with Gasteiger partial charge in [-0.2, -0.15) is 0 Å². The Balaban J connectivity index is 4.15. The molecule has 4 unspecified atom stereocenters. The van der Waals surface area contributed by atoms with Crippen molar-refractivity contribution in [1.29, 1.82) is 0 Å². The highest BCUT2D eigenvalue weighted by Gasteiger charge is 2.50. The molecule has 0 aliphatic carbocycles. The van der Waals surface area contributed by atoms with E-state index in [1.807, 2.05) is 0 Å². The molecule has 7 heteroatoms. The minimum absolute atomic E-state index is 0.254. The van der Waals surface area contributed by atoms with Gasteiger partial charge < -0.3 is 35.7 Å². The zero-order chi connectivity index (χ0) is 23.5. The zero-order valence-corrected chi connectivity index (χ0v) is 19.7. The maximum atomic E-state index is 10.8. The van der Waals surface area contributed by atoms with Crippen LogP contribution in [0.15, 0.2) is 0 Å². The summed E-state index contributed by atoms with van der Waals surface area (Å²) in [6, 6.07) is 0. The van der Waals surface area contributed by atoms with Gasteiger partial charge in [0.1, 0.15) is 17.8 Å². The minimum atomic E-state index is -2.30. The first-order chi connectivity index (χ1) is 14.9. The van der Waals surface area contributed by atoms with E-state index in [1.54, 1.807) is 0 Å². The Kier molecular flexibility index (Phi) is 19.0. The first kappa shape index (κ1) is 30.7. The lowest BCUT2D eigenvalue weighted by atomic mass is 9.73. The molecule has 0 radical (unpaired) electrons. The second kappa shape index (κ2) is 19.2. The quantitative estimate of drug-likeness (QED) is 0.125. The summed E-state index contributed by atoms with van der Waals surface area (Å²) in [6.07, 6.45) is 12.1. The third-order valence-electron chi connectivity index (χ3n) is 6.53. The zero-order valence-electron chi connectivity index (χ0n) is 19.7. The molecule has 0 aromatic heterocycles. The van der Waals surface area contributed by atoms with E-state index in [1.165, 1.54) is 64.2 Å². The summed E-state index contributed by atoms with van der Waals surface area (Å²) >= 11 is 0. The van der Waals surface area contributed by atoms with Crippen LogP contribution in [0.5, 0.6) is 0 Å². The van der Waals surface area contributed by atoms with E-state index in [2.05, 4.69) is 6.92 Å². The van der Waals surface area contributed by atoms with Gasteiger partial charge in [0.15, 0.2) is 0 Å². The molecule has 7 N–H and O–H groups in total. The molecule has 0 rings (SSSR count). The van der Waals surface area contributed by atoms with Crippen LogP contribution in [0.1, 0.15) is 103 Å². The maximum absolute atomic E-state index is 10.8. The van der Waals surface area contributed by atoms with Gasteiger partial charge in [0, 0.05) is 5.92 Å². The fourth-order valence-electron chi connectivity index (χ4n) is 4.43. The van der Waals surface area contributed by atoms with Crippen molar-refractivity contribution in [2.24, 2.45) is 5.92 Å². The van der Waals surface area contributed by atoms with Gasteiger partial charge in [0.05, 0.1) is 25.9 Å². The van der Waals surface area contributed by atoms with Gasteiger partial charge >= 0.3 is 0 Å². The number of hydrogen-bond acceptors (Lipinski definition) is 7. The lowest BCUT2D eigenvalue weighted by Crippen LogP contribution is -2.63. The van der Waals surface area contributed by atoms with Crippen molar-refractivity contribution in [2.45, 2.75) is 127 Å². The van der Waals surface area contributed by atoms with E-state index in [-0.39, 0.29) is 6.42 Å². The van der Waals surface area contributed by atoms with E-state index < -0.39 is 49.7 Å². The molecule has 4 atom stereocenters. The molecule has 31 heavy (non-hydrogen) atoms. The van der Waals surface area contributed by atoms with Crippen molar-refractivity contribution in [3.05, 3.63) is 0 Å². The molecule has 0 saturated carbocycles. The van der Waals surface area contributed by atoms with Crippen LogP contribution in [-0.4, -0.2) is 79.5 Å². The van der Waals surface area contributed by atoms with Gasteiger partial charge in [-0.1, -0.05) is 96.8 Å². The molecule has 0 amide bonds. The largest absolute Gasteiger partial charge is 0.394 e. The summed E-state index contributed by atoms with van der Waals surface area (Å²) in [4.78, 5) is 0. The van der Waals surface area contributed by atoms with Crippen molar-refractivity contribution < 1.29 is 35.7 Å². The van der Waals surface area contributed by atoms with Gasteiger partial charge in [-0.15, -0.1) is 0 Å². The van der Waals surface area contributed by atoms with Crippen LogP contribution in [0.4, 0.5) is 0 Å². The van der Waals surface area contributed by atoms with E-state index >= 15 is 0 Å². The first-order valence-corrected chi connectivity index (χ1v) is 12.5. The molecule has 188 valence electrons. The molecular weight excluding hydrogens is 400 g/mol. The van der Waals surface area contributed by atoms with Gasteiger partial charge in [0.25, 0.3) is 0 Å². The molecule has 0 bridgehead atoms. The third kappa shape index (κ3) is 11.9. The van der Waals surface area contributed by atoms with E-state index in [9.17, 15) is 35.7 Å². The average molecular weight is 451 g/mol. The van der Waals surface area contributed by atoms with Crippen molar-refractivity contribution in [3.63, 3.8) is 0 Å². The van der Waals surface area contributed by atoms with E-state index in [4.69, 9.17) is 0 Å². The smallest absolute Gasteiger partial charge is 0.126 e. The molecular formula is C24H50O7. The normalized spacial score (nSPS) is 17.8. The highest BCUT2D eigenvalue weighted by Crippen LogP contribution is 2.33. The van der Waals surface area contributed by atoms with Crippen LogP contribution in [-0.2, 0) is 0 Å². The Labute approximate surface area is 189 Å². The molecule has 0 aromatic rings. The average Bonchev–Trinajstić information content (AvgIpc) is 2.79. The monoisotopic (exact) mass is 450 g/mol. The molecule has 0 fully saturated rings. The number of rotatable bonds is 22. The van der Waals surface area contributed by atoms with E-state index in [0.29, 0.717) is 6.42 Å². The Morgan fingerprint density at radius 3 is 1.23 bits per heavy atom. The fourth-order valence-corrected chi connectivity index (χ4v) is 4.43. The van der Waals surface area contributed by atoms with Crippen LogP contribution in [0, 0.1) is 5.92 Å². The molecule has 0 saturated heterocycles. The maximum Gasteiger partial charge on any atom is 0.126 e. The summed E-state index contributed by atoms with van der Waals surface area (Å²) in [5.74, 6) is -1.07. The molecule has 0 aliphatic rings. The summed E-state index contributed by atoms with van der Waals surface area (Å²) < 4.78 is 0. The standard InChI is InChI=1S/C24H50O7/c1-2-3-4-5-6-7-8-9-10-11-12-13-14-15-16-20(21(28)17-25)24(31,22(29)18-26)23(30)19-27/h20-23,25-31H,2-19H2,1H3. The lowest BCUT2D eigenvalue weighted by Gasteiger charge is -2.43. The van der Waals surface area contributed by atoms with Crippen molar-refractivity contribution in [2.75, 3.05) is 19.8 Å². The summed E-state index contributed by atoms with van der Waals surface area (Å²) in [7, 11) is 0. The number of aliphatic hydroxyl groups excluding tert-OH is 6. The Morgan fingerprint density at radius 1 is 0.548 bits per heavy atom. The van der Waals surface area contributed by atoms with Crippen molar-refractivity contribution >= 4 is 0 Å². The number of aliphatic hydroxyl groups is 7. The highest BCUT2D eigenvalue weighted by atomic mass is 16.4. The number of unbranched alkanes of at least 4 members (excludes halogenated alkanes) is 13.